The molecule has 0 spiro atoms. The van der Waals surface area contributed by atoms with Crippen molar-refractivity contribution in [2.45, 2.75) is 40.2 Å². The molecule has 0 N–H and O–H groups in total. The maximum atomic E-state index is 12.8. The van der Waals surface area contributed by atoms with E-state index < -0.39 is 0 Å². The predicted octanol–water partition coefficient (Wildman–Crippen LogP) is 4.68. The number of allylic oxidation sites excluding steroid dienone is 5. The Morgan fingerprint density at radius 1 is 1.00 bits per heavy atom. The van der Waals surface area contributed by atoms with Crippen molar-refractivity contribution >= 4 is 0 Å². The average molecular weight is 421 g/mol. The van der Waals surface area contributed by atoms with Crippen molar-refractivity contribution in [3.05, 3.63) is 69.9 Å². The van der Waals surface area contributed by atoms with Crippen molar-refractivity contribution in [1.29, 1.82) is 0 Å². The number of aromatic nitrogens is 2. The summed E-state index contributed by atoms with van der Waals surface area (Å²) < 4.78 is 18.7. The fourth-order valence-electron chi connectivity index (χ4n) is 3.93. The third kappa shape index (κ3) is 4.15. The molecule has 0 saturated heterocycles. The molecule has 0 atom stereocenters. The summed E-state index contributed by atoms with van der Waals surface area (Å²) in [6.45, 7) is 7.10. The summed E-state index contributed by atoms with van der Waals surface area (Å²) in [4.78, 5) is 17.0. The van der Waals surface area contributed by atoms with Crippen LogP contribution in [0.2, 0.25) is 0 Å². The third-order valence-corrected chi connectivity index (χ3v) is 5.73. The normalized spacial score (nSPS) is 15.3. The van der Waals surface area contributed by atoms with Gasteiger partial charge in [-0.15, -0.1) is 0 Å². The van der Waals surface area contributed by atoms with Gasteiger partial charge >= 0.3 is 5.69 Å². The molecule has 1 aliphatic carbocycles. The van der Waals surface area contributed by atoms with Gasteiger partial charge in [-0.25, -0.2) is 4.79 Å². The molecule has 0 radical (unpaired) electrons. The second kappa shape index (κ2) is 8.10. The Kier molecular flexibility index (Phi) is 5.48. The number of aryl methyl sites for hydroxylation is 1. The highest BCUT2D eigenvalue weighted by Gasteiger charge is 2.23. The zero-order chi connectivity index (χ0) is 22.2. The summed E-state index contributed by atoms with van der Waals surface area (Å²) in [6.07, 6.45) is 9.40. The Morgan fingerprint density at radius 3 is 2.42 bits per heavy atom. The van der Waals surface area contributed by atoms with Crippen molar-refractivity contribution in [3.63, 3.8) is 0 Å². The van der Waals surface area contributed by atoms with Crippen LogP contribution in [-0.4, -0.2) is 23.8 Å². The van der Waals surface area contributed by atoms with E-state index in [1.54, 1.807) is 18.8 Å². The minimum atomic E-state index is -0.315. The number of fused-ring (bicyclic) bond motifs is 3. The van der Waals surface area contributed by atoms with E-state index in [0.717, 1.165) is 29.0 Å². The molecular formula is C25H28N2O4. The molecule has 0 saturated carbocycles. The van der Waals surface area contributed by atoms with Crippen molar-refractivity contribution in [1.82, 2.24) is 9.55 Å². The molecule has 2 aromatic rings. The Balaban J connectivity index is 1.72. The van der Waals surface area contributed by atoms with Gasteiger partial charge in [-0.3, -0.25) is 4.57 Å². The van der Waals surface area contributed by atoms with Gasteiger partial charge in [0.15, 0.2) is 11.5 Å². The lowest BCUT2D eigenvalue weighted by atomic mass is 9.84. The molecule has 4 rings (SSSR count). The molecule has 1 aromatic heterocycles. The van der Waals surface area contributed by atoms with Crippen LogP contribution >= 0.6 is 0 Å². The van der Waals surface area contributed by atoms with Gasteiger partial charge in [0.25, 0.3) is 0 Å². The van der Waals surface area contributed by atoms with Gasteiger partial charge in [-0.05, 0) is 35.6 Å². The fourth-order valence-corrected chi connectivity index (χ4v) is 3.93. The number of methoxy groups -OCH3 is 2. The van der Waals surface area contributed by atoms with E-state index in [2.05, 4.69) is 31.8 Å². The van der Waals surface area contributed by atoms with Crippen LogP contribution in [0.3, 0.4) is 0 Å². The number of hydrogen-bond donors (Lipinski definition) is 0. The predicted molar refractivity (Wildman–Crippen MR) is 121 cm³/mol. The van der Waals surface area contributed by atoms with Gasteiger partial charge in [-0.2, -0.15) is 4.98 Å². The number of ether oxygens (including phenoxy) is 3. The smallest absolute Gasteiger partial charge is 0.351 e. The van der Waals surface area contributed by atoms with Crippen molar-refractivity contribution < 1.29 is 14.2 Å². The average Bonchev–Trinajstić information content (AvgIpc) is 2.98. The van der Waals surface area contributed by atoms with Gasteiger partial charge in [-0.1, -0.05) is 44.6 Å². The van der Waals surface area contributed by atoms with E-state index in [-0.39, 0.29) is 11.1 Å². The molecule has 6 nitrogen and oxygen atoms in total. The van der Waals surface area contributed by atoms with E-state index in [0.29, 0.717) is 30.3 Å². The largest absolute Gasteiger partial charge is 0.493 e. The first-order valence-electron chi connectivity index (χ1n) is 10.4. The van der Waals surface area contributed by atoms with E-state index in [1.807, 2.05) is 36.4 Å². The lowest BCUT2D eigenvalue weighted by Gasteiger charge is -2.24. The molecule has 31 heavy (non-hydrogen) atoms. The molecule has 1 aromatic carbocycles. The fraction of sp³-hybridized carbons (Fsp3) is 0.360. The maximum Gasteiger partial charge on any atom is 0.351 e. The summed E-state index contributed by atoms with van der Waals surface area (Å²) >= 11 is 0. The molecule has 0 unspecified atom stereocenters. The molecule has 0 fully saturated rings. The van der Waals surface area contributed by atoms with Gasteiger partial charge < -0.3 is 14.2 Å². The first-order valence-corrected chi connectivity index (χ1v) is 10.4. The zero-order valence-electron chi connectivity index (χ0n) is 18.7. The SMILES string of the molecule is COc1cc2c(cc1OC)-c1cc(OC3=CC=CC=C(C(C)(C)C)C3)nc(=O)n1CC2. The van der Waals surface area contributed by atoms with Crippen LogP contribution in [0.1, 0.15) is 32.8 Å². The van der Waals surface area contributed by atoms with Gasteiger partial charge in [0.2, 0.25) is 5.88 Å². The molecule has 2 heterocycles. The number of benzene rings is 1. The van der Waals surface area contributed by atoms with Gasteiger partial charge in [0.1, 0.15) is 5.76 Å². The van der Waals surface area contributed by atoms with Crippen LogP contribution in [0.25, 0.3) is 11.3 Å². The third-order valence-electron chi connectivity index (χ3n) is 5.73. The zero-order valence-corrected chi connectivity index (χ0v) is 18.7. The summed E-state index contributed by atoms with van der Waals surface area (Å²) in [5.74, 6) is 2.36. The van der Waals surface area contributed by atoms with Crippen LogP contribution in [0.5, 0.6) is 17.4 Å². The van der Waals surface area contributed by atoms with Crippen LogP contribution in [-0.2, 0) is 13.0 Å². The van der Waals surface area contributed by atoms with Crippen molar-refractivity contribution in [2.24, 2.45) is 5.41 Å². The Hall–Kier alpha value is -3.28. The highest BCUT2D eigenvalue weighted by molar-refractivity contribution is 5.70. The number of nitrogens with zero attached hydrogens (tertiary/aromatic N) is 2. The van der Waals surface area contributed by atoms with E-state index >= 15 is 0 Å². The van der Waals surface area contributed by atoms with Gasteiger partial charge in [0.05, 0.1) is 19.9 Å². The lowest BCUT2D eigenvalue weighted by molar-refractivity contribution is 0.354. The second-order valence-electron chi connectivity index (χ2n) is 8.77. The molecule has 0 bridgehead atoms. The van der Waals surface area contributed by atoms with Crippen LogP contribution < -0.4 is 19.9 Å². The first kappa shape index (κ1) is 21.0. The first-order chi connectivity index (χ1) is 14.8. The van der Waals surface area contributed by atoms with E-state index in [9.17, 15) is 4.79 Å². The number of rotatable bonds is 4. The molecule has 0 amide bonds. The maximum absolute atomic E-state index is 12.8. The minimum absolute atomic E-state index is 0.0223. The van der Waals surface area contributed by atoms with Gasteiger partial charge in [0, 0.05) is 24.6 Å². The molecular weight excluding hydrogens is 392 g/mol. The minimum Gasteiger partial charge on any atom is -0.493 e. The van der Waals surface area contributed by atoms with Crippen molar-refractivity contribution in [2.75, 3.05) is 14.2 Å². The number of hydrogen-bond acceptors (Lipinski definition) is 5. The lowest BCUT2D eigenvalue weighted by Crippen LogP contribution is -2.28. The summed E-state index contributed by atoms with van der Waals surface area (Å²) in [6, 6.07) is 5.72. The molecule has 2 aliphatic rings. The summed E-state index contributed by atoms with van der Waals surface area (Å²) in [7, 11) is 3.23. The molecule has 6 heteroatoms. The summed E-state index contributed by atoms with van der Waals surface area (Å²) in [5.41, 5.74) is 3.76. The Labute approximate surface area is 182 Å². The highest BCUT2D eigenvalue weighted by Crippen LogP contribution is 2.39. The Morgan fingerprint density at radius 2 is 1.71 bits per heavy atom. The van der Waals surface area contributed by atoms with Crippen LogP contribution in [0.4, 0.5) is 0 Å². The standard InChI is InChI=1S/C25H28N2O4/c1-25(2,3)17-8-6-7-9-18(13-17)31-23-15-20-19-14-22(30-5)21(29-4)12-16(19)10-11-27(20)24(28)26-23/h6-9,12,14-15H,10-11,13H2,1-5H3. The second-order valence-corrected chi connectivity index (χ2v) is 8.77. The van der Waals surface area contributed by atoms with E-state index in [4.69, 9.17) is 14.2 Å². The van der Waals surface area contributed by atoms with Crippen LogP contribution in [0.15, 0.2) is 58.6 Å². The quantitative estimate of drug-likeness (QED) is 0.719. The van der Waals surface area contributed by atoms with E-state index in [1.165, 1.54) is 5.57 Å². The Bertz CT molecular complexity index is 1160. The molecule has 162 valence electrons. The molecule has 1 aliphatic heterocycles. The summed E-state index contributed by atoms with van der Waals surface area (Å²) in [5, 5.41) is 0. The monoisotopic (exact) mass is 420 g/mol. The van der Waals surface area contributed by atoms with Crippen LogP contribution in [0, 0.1) is 5.41 Å². The van der Waals surface area contributed by atoms with Crippen molar-refractivity contribution in [3.8, 4) is 28.6 Å². The topological polar surface area (TPSA) is 62.6 Å². The highest BCUT2D eigenvalue weighted by atomic mass is 16.5.